The van der Waals surface area contributed by atoms with E-state index in [-0.39, 0.29) is 18.3 Å². The van der Waals surface area contributed by atoms with E-state index in [1.54, 1.807) is 11.8 Å². The van der Waals surface area contributed by atoms with Crippen LogP contribution >= 0.6 is 11.8 Å². The molecule has 6 nitrogen and oxygen atoms in total. The first-order valence-electron chi connectivity index (χ1n) is 7.73. The van der Waals surface area contributed by atoms with E-state index in [1.807, 2.05) is 60.9 Å². The summed E-state index contributed by atoms with van der Waals surface area (Å²) in [5.74, 6) is -0.320. The van der Waals surface area contributed by atoms with Gasteiger partial charge >= 0.3 is 0 Å². The van der Waals surface area contributed by atoms with Gasteiger partial charge in [0.05, 0.1) is 12.6 Å². The van der Waals surface area contributed by atoms with Gasteiger partial charge in [-0.1, -0.05) is 30.3 Å². The van der Waals surface area contributed by atoms with Crippen molar-refractivity contribution >= 4 is 23.4 Å². The Bertz CT molecular complexity index is 834. The summed E-state index contributed by atoms with van der Waals surface area (Å²) in [5, 5.41) is 17.1. The SMILES string of the molecule is CSc1ccc(NC(=O)c2ncn(C[C@@H](O)c3ccccc3)n2)cc1. The van der Waals surface area contributed by atoms with Crippen LogP contribution in [-0.2, 0) is 6.54 Å². The molecule has 0 fully saturated rings. The number of hydrogen-bond donors (Lipinski definition) is 2. The average Bonchev–Trinajstić information content (AvgIpc) is 3.12. The van der Waals surface area contributed by atoms with Crippen molar-refractivity contribution in [1.82, 2.24) is 14.8 Å². The van der Waals surface area contributed by atoms with Gasteiger partial charge in [0.2, 0.25) is 5.82 Å². The summed E-state index contributed by atoms with van der Waals surface area (Å²) in [6, 6.07) is 16.8. The molecule has 3 aromatic rings. The molecule has 0 spiro atoms. The highest BCUT2D eigenvalue weighted by Crippen LogP contribution is 2.18. The van der Waals surface area contributed by atoms with Crippen molar-refractivity contribution in [1.29, 1.82) is 0 Å². The van der Waals surface area contributed by atoms with E-state index < -0.39 is 6.10 Å². The second-order valence-corrected chi connectivity index (χ2v) is 6.28. The maximum atomic E-state index is 12.2. The quantitative estimate of drug-likeness (QED) is 0.665. The molecule has 0 unspecified atom stereocenters. The number of carbonyl (C=O) groups excluding carboxylic acids is 1. The Labute approximate surface area is 149 Å². The van der Waals surface area contributed by atoms with Gasteiger partial charge in [-0.25, -0.2) is 9.67 Å². The summed E-state index contributed by atoms with van der Waals surface area (Å²) in [7, 11) is 0. The van der Waals surface area contributed by atoms with Crippen LogP contribution in [-0.4, -0.2) is 32.0 Å². The Kier molecular flexibility index (Phi) is 5.47. The van der Waals surface area contributed by atoms with E-state index in [1.165, 1.54) is 11.0 Å². The maximum absolute atomic E-state index is 12.2. The van der Waals surface area contributed by atoms with Crippen LogP contribution in [0.25, 0.3) is 0 Å². The number of aromatic nitrogens is 3. The van der Waals surface area contributed by atoms with Crippen LogP contribution in [0.15, 0.2) is 65.8 Å². The molecule has 0 saturated heterocycles. The van der Waals surface area contributed by atoms with Gasteiger partial charge in [-0.05, 0) is 36.1 Å². The van der Waals surface area contributed by atoms with Gasteiger partial charge in [-0.15, -0.1) is 16.9 Å². The van der Waals surface area contributed by atoms with Crippen LogP contribution in [0.1, 0.15) is 22.3 Å². The topological polar surface area (TPSA) is 80.0 Å². The van der Waals surface area contributed by atoms with Gasteiger partial charge in [-0.2, -0.15) is 0 Å². The minimum atomic E-state index is -0.710. The molecule has 0 bridgehead atoms. The number of anilines is 1. The Morgan fingerprint density at radius 2 is 1.92 bits per heavy atom. The maximum Gasteiger partial charge on any atom is 0.295 e. The average molecular weight is 354 g/mol. The van der Waals surface area contributed by atoms with Crippen LogP contribution in [0.5, 0.6) is 0 Å². The lowest BCUT2D eigenvalue weighted by Gasteiger charge is -2.10. The van der Waals surface area contributed by atoms with Crippen molar-refractivity contribution in [3.63, 3.8) is 0 Å². The molecule has 3 rings (SSSR count). The van der Waals surface area contributed by atoms with Crippen molar-refractivity contribution < 1.29 is 9.90 Å². The fraction of sp³-hybridized carbons (Fsp3) is 0.167. The molecule has 1 aromatic heterocycles. The standard InChI is InChI=1S/C18H18N4O2S/c1-25-15-9-7-14(8-10-15)20-18(24)17-19-12-22(21-17)11-16(23)13-5-3-2-4-6-13/h2-10,12,16,23H,11H2,1H3,(H,20,24)/t16-/m1/s1. The molecule has 0 saturated carbocycles. The second kappa shape index (κ2) is 7.96. The van der Waals surface area contributed by atoms with E-state index in [4.69, 9.17) is 0 Å². The second-order valence-electron chi connectivity index (χ2n) is 5.40. The first-order chi connectivity index (χ1) is 12.2. The zero-order valence-electron chi connectivity index (χ0n) is 13.7. The van der Waals surface area contributed by atoms with Gasteiger partial charge < -0.3 is 10.4 Å². The number of aliphatic hydroxyl groups excluding tert-OH is 1. The van der Waals surface area contributed by atoms with Crippen LogP contribution in [0.3, 0.4) is 0 Å². The van der Waals surface area contributed by atoms with Gasteiger partial charge in [0.1, 0.15) is 6.33 Å². The molecule has 1 atom stereocenters. The van der Waals surface area contributed by atoms with Crippen molar-refractivity contribution in [3.05, 3.63) is 72.3 Å². The molecule has 0 radical (unpaired) electrons. The largest absolute Gasteiger partial charge is 0.386 e. The van der Waals surface area contributed by atoms with E-state index >= 15 is 0 Å². The number of benzene rings is 2. The van der Waals surface area contributed by atoms with Crippen LogP contribution in [0.4, 0.5) is 5.69 Å². The molecule has 1 heterocycles. The van der Waals surface area contributed by atoms with Crippen LogP contribution < -0.4 is 5.32 Å². The Morgan fingerprint density at radius 3 is 2.60 bits per heavy atom. The van der Waals surface area contributed by atoms with E-state index in [2.05, 4.69) is 15.4 Å². The number of nitrogens with zero attached hydrogens (tertiary/aromatic N) is 3. The van der Waals surface area contributed by atoms with E-state index in [0.717, 1.165) is 10.5 Å². The molecule has 1 amide bonds. The number of rotatable bonds is 6. The highest BCUT2D eigenvalue weighted by atomic mass is 32.2. The summed E-state index contributed by atoms with van der Waals surface area (Å²) in [6.07, 6.45) is 2.73. The normalized spacial score (nSPS) is 11.9. The van der Waals surface area contributed by atoms with Crippen molar-refractivity contribution in [2.45, 2.75) is 17.5 Å². The van der Waals surface area contributed by atoms with Crippen molar-refractivity contribution in [3.8, 4) is 0 Å². The molecule has 2 aromatic carbocycles. The molecule has 25 heavy (non-hydrogen) atoms. The number of thioether (sulfide) groups is 1. The first-order valence-corrected chi connectivity index (χ1v) is 8.96. The first kappa shape index (κ1) is 17.2. The van der Waals surface area contributed by atoms with Crippen molar-refractivity contribution in [2.24, 2.45) is 0 Å². The van der Waals surface area contributed by atoms with E-state index in [0.29, 0.717) is 5.69 Å². The predicted molar refractivity (Wildman–Crippen MR) is 97.6 cm³/mol. The van der Waals surface area contributed by atoms with Gasteiger partial charge in [0.25, 0.3) is 5.91 Å². The van der Waals surface area contributed by atoms with Gasteiger partial charge in [0.15, 0.2) is 0 Å². The number of hydrogen-bond acceptors (Lipinski definition) is 5. The molecular weight excluding hydrogens is 336 g/mol. The number of carbonyl (C=O) groups is 1. The summed E-state index contributed by atoms with van der Waals surface area (Å²) in [5.41, 5.74) is 1.47. The third kappa shape index (κ3) is 4.46. The van der Waals surface area contributed by atoms with Gasteiger partial charge in [-0.3, -0.25) is 4.79 Å². The lowest BCUT2D eigenvalue weighted by atomic mass is 10.1. The van der Waals surface area contributed by atoms with Crippen LogP contribution in [0, 0.1) is 0 Å². The van der Waals surface area contributed by atoms with Crippen molar-refractivity contribution in [2.75, 3.05) is 11.6 Å². The molecular formula is C18H18N4O2S. The fourth-order valence-electron chi connectivity index (χ4n) is 2.31. The van der Waals surface area contributed by atoms with Gasteiger partial charge in [0, 0.05) is 10.6 Å². The monoisotopic (exact) mass is 354 g/mol. The summed E-state index contributed by atoms with van der Waals surface area (Å²) < 4.78 is 1.46. The fourth-order valence-corrected chi connectivity index (χ4v) is 2.71. The summed E-state index contributed by atoms with van der Waals surface area (Å²) >= 11 is 1.64. The lowest BCUT2D eigenvalue weighted by molar-refractivity contribution is 0.101. The van der Waals surface area contributed by atoms with Crippen LogP contribution in [0.2, 0.25) is 0 Å². The van der Waals surface area contributed by atoms with E-state index in [9.17, 15) is 9.90 Å². The lowest BCUT2D eigenvalue weighted by Crippen LogP contribution is -2.15. The molecule has 0 aliphatic rings. The Balaban J connectivity index is 1.63. The summed E-state index contributed by atoms with van der Waals surface area (Å²) in [6.45, 7) is 0.229. The minimum Gasteiger partial charge on any atom is -0.386 e. The number of aliphatic hydroxyl groups is 1. The number of nitrogens with one attached hydrogen (secondary N) is 1. The highest BCUT2D eigenvalue weighted by Gasteiger charge is 2.14. The Morgan fingerprint density at radius 1 is 1.20 bits per heavy atom. The zero-order valence-corrected chi connectivity index (χ0v) is 14.5. The third-order valence-corrected chi connectivity index (χ3v) is 4.38. The smallest absolute Gasteiger partial charge is 0.295 e. The number of amides is 1. The zero-order chi connectivity index (χ0) is 17.6. The highest BCUT2D eigenvalue weighted by molar-refractivity contribution is 7.98. The molecule has 2 N–H and O–H groups in total. The summed E-state index contributed by atoms with van der Waals surface area (Å²) in [4.78, 5) is 17.4. The molecule has 128 valence electrons. The minimum absolute atomic E-state index is 0.0641. The Hall–Kier alpha value is -2.64. The predicted octanol–water partition coefficient (Wildman–Crippen LogP) is 2.99. The molecule has 7 heteroatoms. The molecule has 0 aliphatic carbocycles. The third-order valence-electron chi connectivity index (χ3n) is 3.63. The molecule has 0 aliphatic heterocycles.